The molecule has 5 nitrogen and oxygen atoms in total. The Kier molecular flexibility index (Phi) is 5.49. The van der Waals surface area contributed by atoms with E-state index < -0.39 is 18.6 Å². The van der Waals surface area contributed by atoms with E-state index in [1.54, 1.807) is 24.3 Å². The van der Waals surface area contributed by atoms with Crippen molar-refractivity contribution in [1.29, 1.82) is 0 Å². The smallest absolute Gasteiger partial charge is 0.408 e. The predicted octanol–water partition coefficient (Wildman–Crippen LogP) is 3.51. The molecule has 1 aromatic carbocycles. The summed E-state index contributed by atoms with van der Waals surface area (Å²) < 4.78 is 42.7. The highest BCUT2D eigenvalue weighted by Gasteiger charge is 2.28. The van der Waals surface area contributed by atoms with Gasteiger partial charge in [-0.2, -0.15) is 18.3 Å². The highest BCUT2D eigenvalue weighted by Crippen LogP contribution is 2.23. The van der Waals surface area contributed by atoms with Crippen molar-refractivity contribution in [2.24, 2.45) is 0 Å². The van der Waals surface area contributed by atoms with Gasteiger partial charge in [-0.25, -0.2) is 0 Å². The Morgan fingerprint density at radius 1 is 1.35 bits per heavy atom. The highest BCUT2D eigenvalue weighted by molar-refractivity contribution is 6.32. The number of hydrogen-bond acceptors (Lipinski definition) is 3. The third kappa shape index (κ3) is 5.82. The number of ether oxygens (including phenoxy) is 1. The molecule has 1 amide bonds. The van der Waals surface area contributed by atoms with Gasteiger partial charge >= 0.3 is 6.18 Å². The van der Waals surface area contributed by atoms with Gasteiger partial charge in [0.1, 0.15) is 12.3 Å². The second-order valence-electron chi connectivity index (χ2n) is 4.62. The van der Waals surface area contributed by atoms with Crippen LogP contribution in [0.25, 0.3) is 0 Å². The minimum Gasteiger partial charge on any atom is -0.491 e. The maximum absolute atomic E-state index is 12.2. The number of nitrogens with zero attached hydrogens (tertiary/aromatic N) is 2. The summed E-state index contributed by atoms with van der Waals surface area (Å²) in [5.74, 6) is 0.0589. The van der Waals surface area contributed by atoms with Crippen LogP contribution in [0.4, 0.5) is 18.9 Å². The van der Waals surface area contributed by atoms with Gasteiger partial charge in [0.15, 0.2) is 0 Å². The SMILES string of the molecule is O=C(CCOc1ccccc1Cl)Nc1cnn(CC(F)(F)F)c1. The van der Waals surface area contributed by atoms with Gasteiger partial charge in [-0.3, -0.25) is 9.48 Å². The zero-order chi connectivity index (χ0) is 16.9. The number of benzene rings is 1. The van der Waals surface area contributed by atoms with Crippen molar-refractivity contribution in [3.63, 3.8) is 0 Å². The number of rotatable bonds is 6. The Morgan fingerprint density at radius 3 is 2.78 bits per heavy atom. The number of halogens is 4. The maximum Gasteiger partial charge on any atom is 0.408 e. The number of carbonyl (C=O) groups is 1. The molecule has 0 bridgehead atoms. The molecule has 0 fully saturated rings. The van der Waals surface area contributed by atoms with Crippen LogP contribution in [0.2, 0.25) is 5.02 Å². The lowest BCUT2D eigenvalue weighted by Gasteiger charge is -2.07. The topological polar surface area (TPSA) is 56.1 Å². The lowest BCUT2D eigenvalue weighted by atomic mass is 10.3. The molecule has 0 aliphatic heterocycles. The van der Waals surface area contributed by atoms with Gasteiger partial charge in [0.25, 0.3) is 0 Å². The van der Waals surface area contributed by atoms with Gasteiger partial charge in [0.2, 0.25) is 5.91 Å². The monoisotopic (exact) mass is 347 g/mol. The number of nitrogens with one attached hydrogen (secondary N) is 1. The number of para-hydroxylation sites is 1. The molecule has 0 atom stereocenters. The van der Waals surface area contributed by atoms with E-state index in [9.17, 15) is 18.0 Å². The third-order valence-electron chi connectivity index (χ3n) is 2.68. The van der Waals surface area contributed by atoms with Crippen LogP contribution in [-0.4, -0.2) is 28.5 Å². The molecule has 1 heterocycles. The fourth-order valence-corrected chi connectivity index (χ4v) is 1.93. The van der Waals surface area contributed by atoms with Crippen LogP contribution < -0.4 is 10.1 Å². The zero-order valence-corrected chi connectivity index (χ0v) is 12.6. The van der Waals surface area contributed by atoms with Crippen LogP contribution in [0.15, 0.2) is 36.7 Å². The van der Waals surface area contributed by atoms with Crippen molar-refractivity contribution in [3.8, 4) is 5.75 Å². The second kappa shape index (κ2) is 7.36. The molecule has 0 saturated heterocycles. The number of aromatic nitrogens is 2. The quantitative estimate of drug-likeness (QED) is 0.870. The normalized spacial score (nSPS) is 11.3. The molecule has 0 spiro atoms. The summed E-state index contributed by atoms with van der Waals surface area (Å²) in [5, 5.41) is 6.41. The van der Waals surface area contributed by atoms with E-state index in [1.807, 2.05) is 0 Å². The minimum atomic E-state index is -4.36. The van der Waals surface area contributed by atoms with E-state index in [0.29, 0.717) is 15.5 Å². The summed E-state index contributed by atoms with van der Waals surface area (Å²) >= 11 is 5.90. The standard InChI is InChI=1S/C14H13ClF3N3O2/c15-11-3-1-2-4-12(11)23-6-5-13(22)20-10-7-19-21(8-10)9-14(16,17)18/h1-4,7-8H,5-6,9H2,(H,20,22). The first-order chi connectivity index (χ1) is 10.8. The number of alkyl halides is 3. The van der Waals surface area contributed by atoms with Crippen molar-refractivity contribution in [2.45, 2.75) is 19.1 Å². The summed E-state index contributed by atoms with van der Waals surface area (Å²) in [6.45, 7) is -1.12. The zero-order valence-electron chi connectivity index (χ0n) is 11.8. The van der Waals surface area contributed by atoms with E-state index in [0.717, 1.165) is 12.4 Å². The van der Waals surface area contributed by atoms with Crippen LogP contribution in [-0.2, 0) is 11.3 Å². The van der Waals surface area contributed by atoms with Crippen molar-refractivity contribution in [1.82, 2.24) is 9.78 Å². The maximum atomic E-state index is 12.2. The van der Waals surface area contributed by atoms with Crippen LogP contribution in [0.5, 0.6) is 5.75 Å². The molecular weight excluding hydrogens is 335 g/mol. The largest absolute Gasteiger partial charge is 0.491 e. The highest BCUT2D eigenvalue weighted by atomic mass is 35.5. The molecule has 2 aromatic rings. The molecule has 2 rings (SSSR count). The fraction of sp³-hybridized carbons (Fsp3) is 0.286. The lowest BCUT2D eigenvalue weighted by molar-refractivity contribution is -0.142. The second-order valence-corrected chi connectivity index (χ2v) is 5.03. The van der Waals surface area contributed by atoms with Crippen LogP contribution in [0.3, 0.4) is 0 Å². The Labute approximate surface area is 135 Å². The summed E-state index contributed by atoms with van der Waals surface area (Å²) in [4.78, 5) is 11.7. The Bertz CT molecular complexity index is 673. The van der Waals surface area contributed by atoms with E-state index in [4.69, 9.17) is 16.3 Å². The third-order valence-corrected chi connectivity index (χ3v) is 2.99. The molecule has 0 aliphatic carbocycles. The molecule has 0 radical (unpaired) electrons. The molecule has 9 heteroatoms. The molecule has 124 valence electrons. The molecule has 0 saturated carbocycles. The van der Waals surface area contributed by atoms with E-state index in [-0.39, 0.29) is 18.7 Å². The lowest BCUT2D eigenvalue weighted by Crippen LogP contribution is -2.18. The summed E-state index contributed by atoms with van der Waals surface area (Å²) in [7, 11) is 0. The van der Waals surface area contributed by atoms with Crippen LogP contribution in [0.1, 0.15) is 6.42 Å². The number of anilines is 1. The van der Waals surface area contributed by atoms with Crippen molar-refractivity contribution < 1.29 is 22.7 Å². The van der Waals surface area contributed by atoms with E-state index >= 15 is 0 Å². The first-order valence-corrected chi connectivity index (χ1v) is 6.98. The van der Waals surface area contributed by atoms with E-state index in [1.165, 1.54) is 0 Å². The van der Waals surface area contributed by atoms with Crippen molar-refractivity contribution in [3.05, 3.63) is 41.7 Å². The number of amides is 1. The van der Waals surface area contributed by atoms with Gasteiger partial charge in [-0.1, -0.05) is 23.7 Å². The van der Waals surface area contributed by atoms with Crippen LogP contribution >= 0.6 is 11.6 Å². The minimum absolute atomic E-state index is 0.0235. The van der Waals surface area contributed by atoms with Gasteiger partial charge in [-0.05, 0) is 12.1 Å². The summed E-state index contributed by atoms with van der Waals surface area (Å²) in [5.41, 5.74) is 0.192. The Hall–Kier alpha value is -2.22. The molecule has 1 N–H and O–H groups in total. The molecule has 1 aromatic heterocycles. The number of hydrogen-bond donors (Lipinski definition) is 1. The first-order valence-electron chi connectivity index (χ1n) is 6.60. The Morgan fingerprint density at radius 2 is 2.09 bits per heavy atom. The molecule has 0 aliphatic rings. The fourth-order valence-electron chi connectivity index (χ4n) is 1.74. The average Bonchev–Trinajstić information content (AvgIpc) is 2.85. The van der Waals surface area contributed by atoms with Gasteiger partial charge < -0.3 is 10.1 Å². The van der Waals surface area contributed by atoms with Crippen molar-refractivity contribution >= 4 is 23.2 Å². The summed E-state index contributed by atoms with van der Waals surface area (Å²) in [6.07, 6.45) is -2.08. The number of carbonyl (C=O) groups excluding carboxylic acids is 1. The van der Waals surface area contributed by atoms with Gasteiger partial charge in [0, 0.05) is 6.20 Å². The molecule has 0 unspecified atom stereocenters. The predicted molar refractivity (Wildman–Crippen MR) is 78.5 cm³/mol. The van der Waals surface area contributed by atoms with Gasteiger partial charge in [0.05, 0.1) is 29.9 Å². The molecular formula is C14H13ClF3N3O2. The molecule has 23 heavy (non-hydrogen) atoms. The average molecular weight is 348 g/mol. The van der Waals surface area contributed by atoms with Crippen molar-refractivity contribution in [2.75, 3.05) is 11.9 Å². The Balaban J connectivity index is 1.78. The van der Waals surface area contributed by atoms with E-state index in [2.05, 4.69) is 10.4 Å². The van der Waals surface area contributed by atoms with Gasteiger partial charge in [-0.15, -0.1) is 0 Å². The van der Waals surface area contributed by atoms with Crippen LogP contribution in [0, 0.1) is 0 Å². The summed E-state index contributed by atoms with van der Waals surface area (Å²) in [6, 6.07) is 6.82. The first kappa shape index (κ1) is 17.1.